The summed E-state index contributed by atoms with van der Waals surface area (Å²) < 4.78 is 60.6. The number of aliphatic hydroxyl groups excluding tert-OH is 1. The number of carbonyl (C=O) groups excluding carboxylic acids is 1. The van der Waals surface area contributed by atoms with Gasteiger partial charge in [0.1, 0.15) is 41.6 Å². The first kappa shape index (κ1) is 34.3. The molecule has 19 heteroatoms. The first-order valence-corrected chi connectivity index (χ1v) is 15.3. The van der Waals surface area contributed by atoms with Crippen molar-refractivity contribution in [3.63, 3.8) is 0 Å². The Hall–Kier alpha value is -4.53. The predicted molar refractivity (Wildman–Crippen MR) is 159 cm³/mol. The van der Waals surface area contributed by atoms with Crippen molar-refractivity contribution in [1.82, 2.24) is 30.0 Å². The Morgan fingerprint density at radius 1 is 1.30 bits per heavy atom. The number of hydrogen-bond donors (Lipinski definition) is 7. The summed E-state index contributed by atoms with van der Waals surface area (Å²) in [5.74, 6) is -2.39. The zero-order valence-electron chi connectivity index (χ0n) is 24.9. The van der Waals surface area contributed by atoms with Gasteiger partial charge >= 0.3 is 19.7 Å². The molecule has 2 aromatic rings. The lowest BCUT2D eigenvalue weighted by Gasteiger charge is -2.40. The summed E-state index contributed by atoms with van der Waals surface area (Å²) in [6, 6.07) is 2.00. The number of H-pyrrole nitrogens is 1. The van der Waals surface area contributed by atoms with Crippen LogP contribution in [0, 0.1) is 11.3 Å². The van der Waals surface area contributed by atoms with E-state index in [0.29, 0.717) is 17.5 Å². The maximum Gasteiger partial charge on any atom is 0.421 e. The average Bonchev–Trinajstić information content (AvgIpc) is 3.55. The van der Waals surface area contributed by atoms with Gasteiger partial charge in [-0.15, -0.1) is 0 Å². The Balaban J connectivity index is 1.94. The summed E-state index contributed by atoms with van der Waals surface area (Å²) in [5.41, 5.74) is -0.615. The normalized spacial score (nSPS) is 21.9. The molecule has 3 heterocycles. The molecule has 0 aromatic carbocycles. The molecular formula is C27H32F3N9O6P+. The van der Waals surface area contributed by atoms with Gasteiger partial charge in [0.05, 0.1) is 25.4 Å². The number of aliphatic hydroxyl groups is 1. The monoisotopic (exact) mass is 666 g/mol. The van der Waals surface area contributed by atoms with Crippen LogP contribution in [0.15, 0.2) is 65.1 Å². The number of ether oxygens (including phenoxy) is 1. The SMILES string of the molecule is CNC(=O)C1=C(Nc2nc(NC3(P(=O)(O)O)CC=C(C)C=C3OC)ncc2C(F)(F)F)C=C(C#N)C[N+]1(CCCO)c1cn[nH]c1. The summed E-state index contributed by atoms with van der Waals surface area (Å²) in [4.78, 5) is 41.9. The summed E-state index contributed by atoms with van der Waals surface area (Å²) >= 11 is 0. The number of amides is 1. The highest BCUT2D eigenvalue weighted by Crippen LogP contribution is 2.58. The minimum absolute atomic E-state index is 0.0512. The van der Waals surface area contributed by atoms with E-state index in [0.717, 1.165) is 0 Å². The van der Waals surface area contributed by atoms with Gasteiger partial charge in [0, 0.05) is 32.7 Å². The number of hydrogen-bond acceptors (Lipinski definition) is 10. The summed E-state index contributed by atoms with van der Waals surface area (Å²) in [7, 11) is -2.63. The third kappa shape index (κ3) is 6.41. The Kier molecular flexibility index (Phi) is 9.75. The lowest BCUT2D eigenvalue weighted by Crippen LogP contribution is -2.56. The Morgan fingerprint density at radius 2 is 2.04 bits per heavy atom. The molecule has 0 saturated carbocycles. The van der Waals surface area contributed by atoms with Crippen LogP contribution in [0.2, 0.25) is 0 Å². The minimum atomic E-state index is -5.14. The number of nitrogens with one attached hydrogen (secondary N) is 4. The third-order valence-corrected chi connectivity index (χ3v) is 9.08. The van der Waals surface area contributed by atoms with Crippen molar-refractivity contribution >= 4 is 31.0 Å². The highest BCUT2D eigenvalue weighted by molar-refractivity contribution is 7.54. The highest BCUT2D eigenvalue weighted by atomic mass is 31.2. The van der Waals surface area contributed by atoms with Crippen molar-refractivity contribution in [3.05, 3.63) is 70.7 Å². The van der Waals surface area contributed by atoms with Crippen LogP contribution in [0.5, 0.6) is 0 Å². The standard InChI is InChI=1S/C27H31F3N9O6P/c1-16-5-6-26(46(42,43)44,21(9-16)45-3)38-25-33-14-19(27(28,29)30)23(37-25)36-20-10-17(11-31)15-39(7-4-8-40,18-12-34-35-13-18)22(20)24(41)32-2/h5,9-10,12-14,40H,4,6-8,15H2,1-3H3,(H5-,32,33,34,35,36,37,38,41,42,43,44)/p+1. The molecule has 15 nitrogen and oxygen atoms in total. The van der Waals surface area contributed by atoms with Gasteiger partial charge in [0.2, 0.25) is 16.9 Å². The molecule has 1 aliphatic heterocycles. The zero-order chi connectivity index (χ0) is 33.9. The Morgan fingerprint density at radius 3 is 2.61 bits per heavy atom. The van der Waals surface area contributed by atoms with Gasteiger partial charge in [-0.3, -0.25) is 14.5 Å². The molecule has 0 fully saturated rings. The fourth-order valence-corrected chi connectivity index (χ4v) is 6.39. The van der Waals surface area contributed by atoms with Gasteiger partial charge in [-0.2, -0.15) is 28.5 Å². The number of nitriles is 1. The fourth-order valence-electron chi connectivity index (χ4n) is 5.37. The number of likely N-dealkylation sites (N-methyl/N-ethyl adjacent to an activating group) is 1. The lowest BCUT2D eigenvalue weighted by molar-refractivity contribution is -0.137. The van der Waals surface area contributed by atoms with Crippen LogP contribution in [-0.4, -0.2) is 80.1 Å². The molecule has 1 amide bonds. The Bertz CT molecular complexity index is 1710. The number of anilines is 2. The molecule has 0 saturated heterocycles. The van der Waals surface area contributed by atoms with Crippen molar-refractivity contribution in [2.75, 3.05) is 44.5 Å². The molecule has 46 heavy (non-hydrogen) atoms. The predicted octanol–water partition coefficient (Wildman–Crippen LogP) is 2.61. The van der Waals surface area contributed by atoms with Gasteiger partial charge in [0.15, 0.2) is 5.69 Å². The number of alkyl halides is 3. The number of carbonyl (C=O) groups is 1. The number of rotatable bonds is 11. The molecular weight excluding hydrogens is 634 g/mol. The number of methoxy groups -OCH3 is 1. The molecule has 2 unspecified atom stereocenters. The van der Waals surface area contributed by atoms with E-state index >= 15 is 0 Å². The third-order valence-electron chi connectivity index (χ3n) is 7.57. The molecule has 2 atom stereocenters. The molecule has 7 N–H and O–H groups in total. The maximum absolute atomic E-state index is 14.3. The van der Waals surface area contributed by atoms with Crippen LogP contribution in [0.25, 0.3) is 0 Å². The molecule has 2 aliphatic rings. The number of aromatic amines is 1. The van der Waals surface area contributed by atoms with E-state index < -0.39 is 46.8 Å². The van der Waals surface area contributed by atoms with E-state index in [2.05, 4.69) is 36.1 Å². The van der Waals surface area contributed by atoms with Gasteiger partial charge in [-0.1, -0.05) is 11.6 Å². The fraction of sp³-hybridized carbons (Fsp3) is 0.370. The van der Waals surface area contributed by atoms with E-state index in [4.69, 9.17) is 4.74 Å². The van der Waals surface area contributed by atoms with Gasteiger partial charge in [-0.05, 0) is 19.1 Å². The Labute approximate surface area is 260 Å². The summed E-state index contributed by atoms with van der Waals surface area (Å²) in [5, 5.41) is 31.5. The minimum Gasteiger partial charge on any atom is -0.498 e. The van der Waals surface area contributed by atoms with E-state index in [1.807, 2.05) is 6.07 Å². The smallest absolute Gasteiger partial charge is 0.421 e. The number of aromatic nitrogens is 4. The van der Waals surface area contributed by atoms with Crippen molar-refractivity contribution in [1.29, 1.82) is 5.26 Å². The second kappa shape index (κ2) is 13.1. The molecule has 0 spiro atoms. The highest BCUT2D eigenvalue weighted by Gasteiger charge is 2.53. The topological polar surface area (TPSA) is 218 Å². The van der Waals surface area contributed by atoms with Crippen molar-refractivity contribution in [3.8, 4) is 6.07 Å². The summed E-state index contributed by atoms with van der Waals surface area (Å²) in [6.45, 7) is 1.35. The lowest BCUT2D eigenvalue weighted by atomic mass is 10.0. The molecule has 1 aliphatic carbocycles. The average molecular weight is 667 g/mol. The molecule has 246 valence electrons. The van der Waals surface area contributed by atoms with E-state index in [1.165, 1.54) is 44.8 Å². The van der Waals surface area contributed by atoms with Crippen LogP contribution < -0.4 is 20.4 Å². The zero-order valence-corrected chi connectivity index (χ0v) is 25.8. The second-order valence-electron chi connectivity index (χ2n) is 10.5. The van der Waals surface area contributed by atoms with Crippen molar-refractivity contribution in [2.24, 2.45) is 0 Å². The molecule has 2 aromatic heterocycles. The van der Waals surface area contributed by atoms with Gasteiger partial charge in [0.25, 0.3) is 0 Å². The number of nitrogens with zero attached hydrogens (tertiary/aromatic N) is 5. The van der Waals surface area contributed by atoms with Crippen LogP contribution in [0.3, 0.4) is 0 Å². The maximum atomic E-state index is 14.3. The van der Waals surface area contributed by atoms with Gasteiger partial charge in [-0.25, -0.2) is 9.47 Å². The van der Waals surface area contributed by atoms with Crippen LogP contribution in [0.4, 0.5) is 30.6 Å². The van der Waals surface area contributed by atoms with Gasteiger partial charge < -0.3 is 35.6 Å². The van der Waals surface area contributed by atoms with Crippen molar-refractivity contribution in [2.45, 2.75) is 31.2 Å². The van der Waals surface area contributed by atoms with E-state index in [1.54, 1.807) is 6.92 Å². The quantitative estimate of drug-likeness (QED) is 0.136. The first-order chi connectivity index (χ1) is 21.7. The van der Waals surface area contributed by atoms with E-state index in [9.17, 15) is 42.7 Å². The largest absolute Gasteiger partial charge is 0.498 e. The molecule has 4 rings (SSSR count). The van der Waals surface area contributed by atoms with Crippen LogP contribution >= 0.6 is 7.60 Å². The number of allylic oxidation sites excluding steroid dienone is 3. The number of quaternary nitrogens is 1. The van der Waals surface area contributed by atoms with Crippen LogP contribution in [0.1, 0.15) is 25.3 Å². The first-order valence-electron chi connectivity index (χ1n) is 13.7. The number of halogens is 3. The molecule has 0 radical (unpaired) electrons. The van der Waals surface area contributed by atoms with Crippen LogP contribution in [-0.2, 0) is 20.3 Å². The van der Waals surface area contributed by atoms with Crippen molar-refractivity contribution < 1.29 is 42.2 Å². The molecule has 0 bridgehead atoms. The second-order valence-corrected chi connectivity index (χ2v) is 12.3. The summed E-state index contributed by atoms with van der Waals surface area (Å²) in [6.07, 6.45) is 2.18. The van der Waals surface area contributed by atoms with E-state index in [-0.39, 0.29) is 55.3 Å².